The van der Waals surface area contributed by atoms with Gasteiger partial charge in [0.1, 0.15) is 0 Å². The number of carbonyl (C=O) groups excluding carboxylic acids is 3. The number of carbonyl (C=O) groups is 3. The fraction of sp³-hybridized carbons (Fsp3) is 0.423. The molecule has 2 fully saturated rings. The van der Waals surface area contributed by atoms with Crippen LogP contribution in [0.3, 0.4) is 0 Å². The Morgan fingerprint density at radius 1 is 1.05 bits per heavy atom. The number of benzene rings is 2. The summed E-state index contributed by atoms with van der Waals surface area (Å²) in [6, 6.07) is 11.0. The SMILES string of the molecule is O=C(NCCCN1CCOCC1)c1ccccc1NC(=O)[C@@H]1CC(=O)N(c2cccc(C(F)(F)F)c2)C1. The summed E-state index contributed by atoms with van der Waals surface area (Å²) in [4.78, 5) is 41.7. The van der Waals surface area contributed by atoms with Crippen LogP contribution in [0, 0.1) is 5.92 Å². The molecular formula is C26H29F3N4O4. The summed E-state index contributed by atoms with van der Waals surface area (Å²) in [6.07, 6.45) is -3.91. The standard InChI is InChI=1S/C26H29F3N4O4/c27-26(28,29)19-5-3-6-20(16-19)33-17-18(15-23(33)34)24(35)31-22-8-2-1-7-21(22)25(36)30-9-4-10-32-11-13-37-14-12-32/h1-3,5-8,16,18H,4,9-15,17H2,(H,30,36)(H,31,35)/t18-/m1/s1. The molecule has 2 N–H and O–H groups in total. The van der Waals surface area contributed by atoms with Gasteiger partial charge in [-0.3, -0.25) is 19.3 Å². The third-order valence-electron chi connectivity index (χ3n) is 6.45. The summed E-state index contributed by atoms with van der Waals surface area (Å²) < 4.78 is 44.6. The van der Waals surface area contributed by atoms with Crippen molar-refractivity contribution >= 4 is 29.1 Å². The molecule has 0 radical (unpaired) electrons. The van der Waals surface area contributed by atoms with Gasteiger partial charge in [-0.2, -0.15) is 13.2 Å². The van der Waals surface area contributed by atoms with E-state index in [-0.39, 0.29) is 24.6 Å². The third kappa shape index (κ3) is 6.86. The van der Waals surface area contributed by atoms with Crippen LogP contribution in [0.2, 0.25) is 0 Å². The molecule has 198 valence electrons. The van der Waals surface area contributed by atoms with E-state index < -0.39 is 29.5 Å². The molecule has 0 saturated carbocycles. The van der Waals surface area contributed by atoms with Crippen LogP contribution in [0.5, 0.6) is 0 Å². The summed E-state index contributed by atoms with van der Waals surface area (Å²) >= 11 is 0. The van der Waals surface area contributed by atoms with E-state index >= 15 is 0 Å². The molecule has 2 aliphatic rings. The Morgan fingerprint density at radius 2 is 1.81 bits per heavy atom. The fourth-order valence-electron chi connectivity index (χ4n) is 4.43. The minimum atomic E-state index is -4.54. The second kappa shape index (κ2) is 11.7. The van der Waals surface area contributed by atoms with Crippen molar-refractivity contribution in [2.75, 3.05) is 56.2 Å². The van der Waals surface area contributed by atoms with E-state index in [2.05, 4.69) is 15.5 Å². The Morgan fingerprint density at radius 3 is 2.57 bits per heavy atom. The first-order valence-electron chi connectivity index (χ1n) is 12.2. The Balaban J connectivity index is 1.34. The Bertz CT molecular complexity index is 1130. The van der Waals surface area contributed by atoms with Crippen LogP contribution in [-0.4, -0.2) is 68.6 Å². The second-order valence-corrected chi connectivity index (χ2v) is 9.05. The van der Waals surface area contributed by atoms with Crippen molar-refractivity contribution in [1.82, 2.24) is 10.2 Å². The number of anilines is 2. The number of ether oxygens (including phenoxy) is 1. The summed E-state index contributed by atoms with van der Waals surface area (Å²) in [5, 5.41) is 5.60. The largest absolute Gasteiger partial charge is 0.416 e. The smallest absolute Gasteiger partial charge is 0.379 e. The van der Waals surface area contributed by atoms with Crippen LogP contribution < -0.4 is 15.5 Å². The first-order chi connectivity index (χ1) is 17.7. The van der Waals surface area contributed by atoms with Gasteiger partial charge in [0.25, 0.3) is 5.91 Å². The lowest BCUT2D eigenvalue weighted by molar-refractivity contribution is -0.137. The summed E-state index contributed by atoms with van der Waals surface area (Å²) in [7, 11) is 0. The zero-order valence-corrected chi connectivity index (χ0v) is 20.2. The molecule has 2 aromatic rings. The predicted molar refractivity (Wildman–Crippen MR) is 131 cm³/mol. The number of morpholine rings is 1. The van der Waals surface area contributed by atoms with Crippen molar-refractivity contribution in [3.63, 3.8) is 0 Å². The molecule has 2 aliphatic heterocycles. The van der Waals surface area contributed by atoms with Crippen LogP contribution in [0.4, 0.5) is 24.5 Å². The van der Waals surface area contributed by atoms with Gasteiger partial charge in [0.15, 0.2) is 0 Å². The van der Waals surface area contributed by atoms with Crippen molar-refractivity contribution in [2.45, 2.75) is 19.0 Å². The van der Waals surface area contributed by atoms with Gasteiger partial charge in [-0.25, -0.2) is 0 Å². The summed E-state index contributed by atoms with van der Waals surface area (Å²) in [6.45, 7) is 4.44. The quantitative estimate of drug-likeness (QED) is 0.524. The van der Waals surface area contributed by atoms with Gasteiger partial charge in [-0.1, -0.05) is 18.2 Å². The lowest BCUT2D eigenvalue weighted by Crippen LogP contribution is -2.38. The van der Waals surface area contributed by atoms with Crippen molar-refractivity contribution in [3.05, 3.63) is 59.7 Å². The highest BCUT2D eigenvalue weighted by Crippen LogP contribution is 2.33. The molecule has 11 heteroatoms. The molecule has 0 bridgehead atoms. The number of nitrogens with zero attached hydrogens (tertiary/aromatic N) is 2. The van der Waals surface area contributed by atoms with E-state index in [9.17, 15) is 27.6 Å². The minimum absolute atomic E-state index is 0.0537. The van der Waals surface area contributed by atoms with Gasteiger partial charge in [-0.15, -0.1) is 0 Å². The fourth-order valence-corrected chi connectivity index (χ4v) is 4.43. The third-order valence-corrected chi connectivity index (χ3v) is 6.45. The molecule has 2 aromatic carbocycles. The van der Waals surface area contributed by atoms with E-state index in [0.717, 1.165) is 38.2 Å². The Labute approximate surface area is 212 Å². The Kier molecular flexibility index (Phi) is 8.45. The number of hydrogen-bond acceptors (Lipinski definition) is 5. The maximum Gasteiger partial charge on any atom is 0.416 e. The van der Waals surface area contributed by atoms with Crippen LogP contribution in [0.25, 0.3) is 0 Å². The van der Waals surface area contributed by atoms with Crippen molar-refractivity contribution in [1.29, 1.82) is 0 Å². The number of halogens is 3. The van der Waals surface area contributed by atoms with Crippen LogP contribution in [0.15, 0.2) is 48.5 Å². The second-order valence-electron chi connectivity index (χ2n) is 9.05. The number of rotatable bonds is 8. The Hall–Kier alpha value is -3.44. The molecule has 0 unspecified atom stereocenters. The topological polar surface area (TPSA) is 91.0 Å². The molecule has 8 nitrogen and oxygen atoms in total. The monoisotopic (exact) mass is 518 g/mol. The van der Waals surface area contributed by atoms with Gasteiger partial charge in [0.2, 0.25) is 11.8 Å². The molecule has 1 atom stereocenters. The van der Waals surface area contributed by atoms with Gasteiger partial charge in [0, 0.05) is 38.3 Å². The van der Waals surface area contributed by atoms with Crippen LogP contribution >= 0.6 is 0 Å². The van der Waals surface area contributed by atoms with E-state index in [1.807, 2.05) is 0 Å². The van der Waals surface area contributed by atoms with E-state index in [4.69, 9.17) is 4.74 Å². The first-order valence-corrected chi connectivity index (χ1v) is 12.2. The van der Waals surface area contributed by atoms with Crippen LogP contribution in [0.1, 0.15) is 28.8 Å². The maximum atomic E-state index is 13.1. The molecule has 4 rings (SSSR count). The predicted octanol–water partition coefficient (Wildman–Crippen LogP) is 3.15. The summed E-state index contributed by atoms with van der Waals surface area (Å²) in [5.74, 6) is -2.01. The highest BCUT2D eigenvalue weighted by atomic mass is 19.4. The molecule has 0 aromatic heterocycles. The highest BCUT2D eigenvalue weighted by Gasteiger charge is 2.37. The number of hydrogen-bond donors (Lipinski definition) is 2. The van der Waals surface area contributed by atoms with Crippen molar-refractivity contribution in [3.8, 4) is 0 Å². The molecule has 2 saturated heterocycles. The van der Waals surface area contributed by atoms with Crippen molar-refractivity contribution < 1.29 is 32.3 Å². The van der Waals surface area contributed by atoms with Crippen molar-refractivity contribution in [2.24, 2.45) is 5.92 Å². The lowest BCUT2D eigenvalue weighted by atomic mass is 10.1. The number of alkyl halides is 3. The number of para-hydroxylation sites is 1. The summed E-state index contributed by atoms with van der Waals surface area (Å²) in [5.41, 5.74) is -0.174. The number of amides is 3. The van der Waals surface area contributed by atoms with Gasteiger partial charge in [0.05, 0.1) is 35.9 Å². The molecular weight excluding hydrogens is 489 g/mol. The van der Waals surface area contributed by atoms with Gasteiger partial charge < -0.3 is 20.3 Å². The molecule has 0 aliphatic carbocycles. The van der Waals surface area contributed by atoms with Gasteiger partial charge >= 0.3 is 6.18 Å². The molecule has 2 heterocycles. The average molecular weight is 519 g/mol. The maximum absolute atomic E-state index is 13.1. The first kappa shape index (κ1) is 26.6. The lowest BCUT2D eigenvalue weighted by Gasteiger charge is -2.26. The normalized spacial score (nSPS) is 18.6. The van der Waals surface area contributed by atoms with Crippen LogP contribution in [-0.2, 0) is 20.5 Å². The average Bonchev–Trinajstić information content (AvgIpc) is 3.29. The minimum Gasteiger partial charge on any atom is -0.379 e. The van der Waals surface area contributed by atoms with Gasteiger partial charge in [-0.05, 0) is 43.3 Å². The van der Waals surface area contributed by atoms with E-state index in [0.29, 0.717) is 31.0 Å². The zero-order chi connectivity index (χ0) is 26.4. The van der Waals surface area contributed by atoms with E-state index in [1.165, 1.54) is 17.0 Å². The zero-order valence-electron chi connectivity index (χ0n) is 20.2. The molecule has 37 heavy (non-hydrogen) atoms. The molecule has 0 spiro atoms. The highest BCUT2D eigenvalue weighted by molar-refractivity contribution is 6.07. The van der Waals surface area contributed by atoms with E-state index in [1.54, 1.807) is 24.3 Å². The number of nitrogens with one attached hydrogen (secondary N) is 2. The molecule has 3 amide bonds.